The quantitative estimate of drug-likeness (QED) is 0.0650. The second-order valence-corrected chi connectivity index (χ2v) is 13.1. The van der Waals surface area contributed by atoms with Crippen molar-refractivity contribution in [1.29, 1.82) is 0 Å². The highest BCUT2D eigenvalue weighted by atomic mass is 16.7. The predicted octanol–water partition coefficient (Wildman–Crippen LogP) is -9.68. The van der Waals surface area contributed by atoms with Gasteiger partial charge in [0.2, 0.25) is 17.7 Å². The van der Waals surface area contributed by atoms with E-state index in [0.29, 0.717) is 0 Å². The van der Waals surface area contributed by atoms with E-state index in [1.807, 2.05) is 0 Å². The number of hydrogen-bond acceptors (Lipinski definition) is 21. The Labute approximate surface area is 308 Å². The number of carbonyl (C=O) groups is 3. The molecule has 3 saturated heterocycles. The molecule has 0 aliphatic carbocycles. The van der Waals surface area contributed by atoms with E-state index in [-0.39, 0.29) is 0 Å². The number of aliphatic hydroxyl groups excluding tert-OH is 12. The van der Waals surface area contributed by atoms with Crippen LogP contribution in [0, 0.1) is 0 Å². The average molecular weight is 792 g/mol. The lowest BCUT2D eigenvalue weighted by atomic mass is 9.95. The van der Waals surface area contributed by atoms with Crippen LogP contribution in [0.25, 0.3) is 0 Å². The second-order valence-electron chi connectivity index (χ2n) is 13.1. The van der Waals surface area contributed by atoms with Crippen LogP contribution in [0.1, 0.15) is 20.8 Å². The van der Waals surface area contributed by atoms with Crippen molar-refractivity contribution in [3.05, 3.63) is 0 Å². The first-order valence-electron chi connectivity index (χ1n) is 17.0. The maximum Gasteiger partial charge on any atom is 0.217 e. The number of nitrogens with one attached hydrogen (secondary N) is 3. The van der Waals surface area contributed by atoms with Crippen LogP contribution in [0.2, 0.25) is 0 Å². The van der Waals surface area contributed by atoms with Gasteiger partial charge in [0, 0.05) is 20.8 Å². The molecule has 3 fully saturated rings. The molecule has 54 heavy (non-hydrogen) atoms. The molecule has 24 heteroatoms. The molecule has 0 aromatic carbocycles. The molecular weight excluding hydrogens is 738 g/mol. The van der Waals surface area contributed by atoms with Crippen molar-refractivity contribution < 1.29 is 104 Å². The fourth-order valence-corrected chi connectivity index (χ4v) is 6.24. The highest BCUT2D eigenvalue weighted by molar-refractivity contribution is 5.74. The number of carbonyl (C=O) groups excluding carboxylic acids is 3. The Bertz CT molecular complexity index is 1210. The minimum absolute atomic E-state index is 0.702. The predicted molar refractivity (Wildman–Crippen MR) is 171 cm³/mol. The highest BCUT2D eigenvalue weighted by Crippen LogP contribution is 2.29. The number of ether oxygens (including phenoxy) is 6. The van der Waals surface area contributed by atoms with E-state index in [4.69, 9.17) is 28.4 Å². The molecule has 19 atom stereocenters. The molecule has 3 aliphatic rings. The molecule has 0 unspecified atom stereocenters. The van der Waals surface area contributed by atoms with Gasteiger partial charge in [-0.15, -0.1) is 0 Å². The minimum Gasteiger partial charge on any atom is -0.394 e. The van der Waals surface area contributed by atoms with Gasteiger partial charge in [-0.05, 0) is 0 Å². The van der Waals surface area contributed by atoms with E-state index in [2.05, 4.69) is 16.0 Å². The molecule has 3 heterocycles. The fourth-order valence-electron chi connectivity index (χ4n) is 6.24. The molecule has 0 aromatic heterocycles. The van der Waals surface area contributed by atoms with E-state index in [1.165, 1.54) is 0 Å². The summed E-state index contributed by atoms with van der Waals surface area (Å²) in [6.07, 6.45) is -28.8. The molecule has 0 saturated carbocycles. The first-order chi connectivity index (χ1) is 25.4. The maximum absolute atomic E-state index is 12.0. The molecule has 0 spiro atoms. The van der Waals surface area contributed by atoms with Gasteiger partial charge in [0.05, 0.1) is 33.0 Å². The van der Waals surface area contributed by atoms with Gasteiger partial charge in [0.25, 0.3) is 0 Å². The topological polar surface area (TPSA) is 385 Å². The van der Waals surface area contributed by atoms with Crippen molar-refractivity contribution in [2.24, 2.45) is 0 Å². The van der Waals surface area contributed by atoms with Gasteiger partial charge >= 0.3 is 0 Å². The van der Waals surface area contributed by atoms with Crippen molar-refractivity contribution in [2.45, 2.75) is 137 Å². The monoisotopic (exact) mass is 791 g/mol. The summed E-state index contributed by atoms with van der Waals surface area (Å²) in [6.45, 7) is -1.45. The summed E-state index contributed by atoms with van der Waals surface area (Å²) in [5.74, 6) is -2.20. The van der Waals surface area contributed by atoms with Crippen LogP contribution < -0.4 is 16.0 Å². The third-order valence-electron chi connectivity index (χ3n) is 9.06. The molecule has 15 N–H and O–H groups in total. The molecule has 3 aliphatic heterocycles. The zero-order valence-corrected chi connectivity index (χ0v) is 29.5. The van der Waals surface area contributed by atoms with E-state index in [1.54, 1.807) is 0 Å². The highest BCUT2D eigenvalue weighted by Gasteiger charge is 2.51. The van der Waals surface area contributed by atoms with Crippen LogP contribution in [-0.4, -0.2) is 228 Å². The normalized spacial score (nSPS) is 39.5. The molecular formula is C30H53N3O21. The van der Waals surface area contributed by atoms with Crippen LogP contribution in [0.5, 0.6) is 0 Å². The molecule has 0 radical (unpaired) electrons. The standard InChI is InChI=1S/C30H53N3O21/c1-9(38)31-17-24(46)20(42)13(4-34)50-28(17)49-8-12(41)27(54-30-19(33-11(3)40)26(48)22(44)15(6-36)52-30)23(45)16(7-37)53-29-18(32-10(2)39)25(47)21(43)14(5-35)51-29/h12-30,34-37,41-48H,4-8H2,1-3H3,(H,31,38)(H,32,39)(H,33,40)/t12-,13-,14-,15-,16-,17-,18-,19-,20-,21-,22-,23-,24-,25-,26-,27-,28-,29+,30+/m1/s1. The summed E-state index contributed by atoms with van der Waals surface area (Å²) >= 11 is 0. The molecule has 0 aromatic rings. The lowest BCUT2D eigenvalue weighted by molar-refractivity contribution is -0.322. The van der Waals surface area contributed by atoms with Gasteiger partial charge in [0.1, 0.15) is 97.5 Å². The summed E-state index contributed by atoms with van der Waals surface area (Å²) < 4.78 is 33.8. The first kappa shape index (κ1) is 46.1. The number of hydrogen-bond donors (Lipinski definition) is 15. The number of aliphatic hydroxyl groups is 12. The van der Waals surface area contributed by atoms with Crippen LogP contribution in [0.4, 0.5) is 0 Å². The third-order valence-corrected chi connectivity index (χ3v) is 9.06. The van der Waals surface area contributed by atoms with Gasteiger partial charge in [-0.25, -0.2) is 0 Å². The maximum atomic E-state index is 12.0. The SMILES string of the molecule is CC(=O)N[C@H]1[C@H](OC[C@@H](O)[C@@H](O[C@@H]2O[C@H](CO)[C@@H](O)[C@H](O)[C@H]2NC(C)=O)[C@H](O)[C@@H](CO)O[C@@H]2O[C@H](CO)[C@@H](O)[C@H](O)[C@H]2NC(C)=O)O[C@H](CO)[C@@H](O)[C@@H]1O. The molecule has 3 amide bonds. The Kier molecular flexibility index (Phi) is 17.7. The fraction of sp³-hybridized carbons (Fsp3) is 0.900. The van der Waals surface area contributed by atoms with Crippen LogP contribution >= 0.6 is 0 Å². The number of amides is 3. The van der Waals surface area contributed by atoms with Gasteiger partial charge in [-0.2, -0.15) is 0 Å². The van der Waals surface area contributed by atoms with E-state index >= 15 is 0 Å². The van der Waals surface area contributed by atoms with Crippen LogP contribution in [-0.2, 0) is 42.8 Å². The molecule has 314 valence electrons. The Morgan fingerprint density at radius 2 is 0.926 bits per heavy atom. The number of rotatable bonds is 17. The Hall–Kier alpha value is -2.31. The van der Waals surface area contributed by atoms with Crippen molar-refractivity contribution in [3.8, 4) is 0 Å². The third kappa shape index (κ3) is 11.2. The van der Waals surface area contributed by atoms with E-state index in [9.17, 15) is 75.7 Å². The van der Waals surface area contributed by atoms with Gasteiger partial charge in [-0.1, -0.05) is 0 Å². The second kappa shape index (κ2) is 20.7. The summed E-state index contributed by atoms with van der Waals surface area (Å²) in [6, 6.07) is -4.66. The smallest absolute Gasteiger partial charge is 0.217 e. The Morgan fingerprint density at radius 1 is 0.574 bits per heavy atom. The largest absolute Gasteiger partial charge is 0.394 e. The van der Waals surface area contributed by atoms with E-state index < -0.39 is 167 Å². The molecule has 24 nitrogen and oxygen atoms in total. The zero-order chi connectivity index (χ0) is 40.6. The summed E-state index contributed by atoms with van der Waals surface area (Å²) in [7, 11) is 0. The molecule has 3 rings (SSSR count). The Morgan fingerprint density at radius 3 is 1.28 bits per heavy atom. The summed E-state index contributed by atoms with van der Waals surface area (Å²) in [5, 5.41) is 133. The summed E-state index contributed by atoms with van der Waals surface area (Å²) in [5.41, 5.74) is 0. The molecule has 0 bridgehead atoms. The minimum atomic E-state index is -2.24. The van der Waals surface area contributed by atoms with Gasteiger partial charge in [0.15, 0.2) is 18.9 Å². The lowest BCUT2D eigenvalue weighted by Gasteiger charge is -2.46. The summed E-state index contributed by atoms with van der Waals surface area (Å²) in [4.78, 5) is 35.9. The van der Waals surface area contributed by atoms with Crippen molar-refractivity contribution in [1.82, 2.24) is 16.0 Å². The first-order valence-corrected chi connectivity index (χ1v) is 17.0. The van der Waals surface area contributed by atoms with Gasteiger partial charge in [-0.3, -0.25) is 14.4 Å². The van der Waals surface area contributed by atoms with Crippen molar-refractivity contribution >= 4 is 17.7 Å². The average Bonchev–Trinajstić information content (AvgIpc) is 3.12. The zero-order valence-electron chi connectivity index (χ0n) is 29.5. The van der Waals surface area contributed by atoms with Crippen LogP contribution in [0.3, 0.4) is 0 Å². The Balaban J connectivity index is 1.99. The van der Waals surface area contributed by atoms with Crippen molar-refractivity contribution in [3.63, 3.8) is 0 Å². The lowest BCUT2D eigenvalue weighted by Crippen LogP contribution is -2.67. The van der Waals surface area contributed by atoms with Crippen molar-refractivity contribution in [2.75, 3.05) is 33.0 Å². The van der Waals surface area contributed by atoms with Crippen LogP contribution in [0.15, 0.2) is 0 Å². The van der Waals surface area contributed by atoms with E-state index in [0.717, 1.165) is 20.8 Å². The van der Waals surface area contributed by atoms with Gasteiger partial charge < -0.3 is 106 Å².